The molecule has 0 atom stereocenters. The van der Waals surface area contributed by atoms with Crippen molar-refractivity contribution >= 4 is 0 Å². The Labute approximate surface area is 82.5 Å². The monoisotopic (exact) mass is 182 g/mol. The van der Waals surface area contributed by atoms with Crippen molar-refractivity contribution in [2.24, 2.45) is 0 Å². The van der Waals surface area contributed by atoms with E-state index in [1.165, 1.54) is 11.1 Å². The Morgan fingerprint density at radius 1 is 0.769 bits per heavy atom. The summed E-state index contributed by atoms with van der Waals surface area (Å²) in [7, 11) is 0. The fourth-order valence-corrected chi connectivity index (χ4v) is 0.902. The second-order valence-corrected chi connectivity index (χ2v) is 3.48. The van der Waals surface area contributed by atoms with Gasteiger partial charge in [-0.2, -0.15) is 0 Å². The maximum absolute atomic E-state index is 5.71. The summed E-state index contributed by atoms with van der Waals surface area (Å²) >= 11 is 0. The molecule has 0 unspecified atom stereocenters. The van der Waals surface area contributed by atoms with Crippen molar-refractivity contribution in [2.45, 2.75) is 54.4 Å². The van der Waals surface area contributed by atoms with E-state index in [9.17, 15) is 0 Å². The molecule has 0 radical (unpaired) electrons. The minimum Gasteiger partial charge on any atom is -0.467 e. The number of rotatable bonds is 4. The molecule has 0 N–H and O–H groups in total. The molecule has 0 fully saturated rings. The highest BCUT2D eigenvalue weighted by atomic mass is 16.5. The van der Waals surface area contributed by atoms with Crippen molar-refractivity contribution < 1.29 is 4.74 Å². The van der Waals surface area contributed by atoms with E-state index >= 15 is 0 Å². The average Bonchev–Trinajstić information content (AvgIpc) is 2.14. The topological polar surface area (TPSA) is 9.23 Å². The van der Waals surface area contributed by atoms with Crippen molar-refractivity contribution in [3.05, 3.63) is 22.7 Å². The summed E-state index contributed by atoms with van der Waals surface area (Å²) in [5, 5.41) is 0. The average molecular weight is 182 g/mol. The minimum absolute atomic E-state index is 1.05. The van der Waals surface area contributed by atoms with Crippen LogP contribution in [0.25, 0.3) is 0 Å². The van der Waals surface area contributed by atoms with Gasteiger partial charge in [0.05, 0.1) is 11.5 Å². The molecule has 0 spiro atoms. The fraction of sp³-hybridized carbons (Fsp3) is 0.667. The van der Waals surface area contributed by atoms with E-state index in [-0.39, 0.29) is 0 Å². The second kappa shape index (κ2) is 5.85. The lowest BCUT2D eigenvalue weighted by Gasteiger charge is -2.11. The largest absolute Gasteiger partial charge is 0.467 e. The summed E-state index contributed by atoms with van der Waals surface area (Å²) in [5.74, 6) is 2.10. The highest BCUT2D eigenvalue weighted by Crippen LogP contribution is 2.16. The van der Waals surface area contributed by atoms with Crippen LogP contribution in [0.15, 0.2) is 22.7 Å². The zero-order chi connectivity index (χ0) is 10.4. The van der Waals surface area contributed by atoms with E-state index in [1.807, 2.05) is 13.8 Å². The summed E-state index contributed by atoms with van der Waals surface area (Å²) < 4.78 is 5.71. The molecular weight excluding hydrogens is 160 g/mol. The van der Waals surface area contributed by atoms with Crippen LogP contribution in [-0.2, 0) is 4.74 Å². The van der Waals surface area contributed by atoms with E-state index in [2.05, 4.69) is 27.7 Å². The van der Waals surface area contributed by atoms with Crippen LogP contribution in [0.5, 0.6) is 0 Å². The molecule has 0 aliphatic heterocycles. The summed E-state index contributed by atoms with van der Waals surface area (Å²) in [6.07, 6.45) is 2.12. The molecule has 0 aliphatic carbocycles. The Balaban J connectivity index is 4.46. The molecule has 0 aromatic rings. The van der Waals surface area contributed by atoms with Gasteiger partial charge in [-0.25, -0.2) is 0 Å². The zero-order valence-corrected chi connectivity index (χ0v) is 9.82. The molecule has 0 bridgehead atoms. The first-order valence-electron chi connectivity index (χ1n) is 5.03. The molecule has 0 amide bonds. The van der Waals surface area contributed by atoms with E-state index in [1.54, 1.807) is 0 Å². The van der Waals surface area contributed by atoms with Gasteiger partial charge in [0.25, 0.3) is 0 Å². The van der Waals surface area contributed by atoms with Crippen molar-refractivity contribution in [1.29, 1.82) is 0 Å². The van der Waals surface area contributed by atoms with Crippen molar-refractivity contribution in [3.8, 4) is 0 Å². The highest BCUT2D eigenvalue weighted by molar-refractivity contribution is 5.09. The molecular formula is C12H22O. The molecule has 0 aliphatic rings. The molecule has 0 saturated carbocycles. The van der Waals surface area contributed by atoms with Crippen LogP contribution in [0.1, 0.15) is 54.4 Å². The Morgan fingerprint density at radius 3 is 1.31 bits per heavy atom. The van der Waals surface area contributed by atoms with Crippen LogP contribution in [-0.4, -0.2) is 0 Å². The number of hydrogen-bond donors (Lipinski definition) is 0. The lowest BCUT2D eigenvalue weighted by atomic mass is 10.2. The fourth-order valence-electron chi connectivity index (χ4n) is 0.902. The van der Waals surface area contributed by atoms with E-state index in [4.69, 9.17) is 4.74 Å². The SMILES string of the molecule is CC/C(C)=C(/C)O/C(C)=C(\C)CC. The first-order chi connectivity index (χ1) is 6.02. The predicted octanol–water partition coefficient (Wildman–Crippen LogP) is 4.41. The van der Waals surface area contributed by atoms with Crippen LogP contribution < -0.4 is 0 Å². The minimum atomic E-state index is 1.05. The van der Waals surface area contributed by atoms with Crippen LogP contribution in [0.4, 0.5) is 0 Å². The number of allylic oxidation sites excluding steroid dienone is 4. The highest BCUT2D eigenvalue weighted by Gasteiger charge is 1.99. The third-order valence-electron chi connectivity index (χ3n) is 2.57. The van der Waals surface area contributed by atoms with Gasteiger partial charge in [-0.3, -0.25) is 0 Å². The first-order valence-corrected chi connectivity index (χ1v) is 5.03. The van der Waals surface area contributed by atoms with E-state index in [0.29, 0.717) is 0 Å². The molecule has 0 rings (SSSR count). The molecule has 1 heteroatoms. The molecule has 0 heterocycles. The summed E-state index contributed by atoms with van der Waals surface area (Å²) in [6.45, 7) is 12.6. The van der Waals surface area contributed by atoms with Gasteiger partial charge >= 0.3 is 0 Å². The maximum Gasteiger partial charge on any atom is 0.0994 e. The first kappa shape index (κ1) is 12.3. The molecule has 76 valence electrons. The molecule has 1 nitrogen and oxygen atoms in total. The van der Waals surface area contributed by atoms with Gasteiger partial charge < -0.3 is 4.74 Å². The number of ether oxygens (including phenoxy) is 1. The zero-order valence-electron chi connectivity index (χ0n) is 9.82. The van der Waals surface area contributed by atoms with Gasteiger partial charge in [-0.15, -0.1) is 0 Å². The third kappa shape index (κ3) is 4.16. The summed E-state index contributed by atoms with van der Waals surface area (Å²) in [4.78, 5) is 0. The third-order valence-corrected chi connectivity index (χ3v) is 2.57. The predicted molar refractivity (Wildman–Crippen MR) is 58.4 cm³/mol. The smallest absolute Gasteiger partial charge is 0.0994 e. The quantitative estimate of drug-likeness (QED) is 0.585. The normalized spacial score (nSPS) is 14.9. The van der Waals surface area contributed by atoms with Gasteiger partial charge in [-0.05, 0) is 51.7 Å². The summed E-state index contributed by atoms with van der Waals surface area (Å²) in [6, 6.07) is 0. The van der Waals surface area contributed by atoms with Crippen molar-refractivity contribution in [1.82, 2.24) is 0 Å². The Hall–Kier alpha value is -0.720. The molecule has 0 saturated heterocycles. The van der Waals surface area contributed by atoms with E-state index < -0.39 is 0 Å². The maximum atomic E-state index is 5.71. The summed E-state index contributed by atoms with van der Waals surface area (Å²) in [5.41, 5.74) is 2.64. The molecule has 0 aromatic heterocycles. The number of hydrogen-bond acceptors (Lipinski definition) is 1. The van der Waals surface area contributed by atoms with Gasteiger partial charge in [0.15, 0.2) is 0 Å². The van der Waals surface area contributed by atoms with Gasteiger partial charge in [-0.1, -0.05) is 13.8 Å². The Kier molecular flexibility index (Phi) is 5.52. The second-order valence-electron chi connectivity index (χ2n) is 3.48. The van der Waals surface area contributed by atoms with E-state index in [0.717, 1.165) is 24.4 Å². The lowest BCUT2D eigenvalue weighted by molar-refractivity contribution is 0.297. The van der Waals surface area contributed by atoms with Crippen LogP contribution in [0.3, 0.4) is 0 Å². The van der Waals surface area contributed by atoms with Crippen LogP contribution in [0.2, 0.25) is 0 Å². The molecule has 0 aromatic carbocycles. The Morgan fingerprint density at radius 2 is 1.08 bits per heavy atom. The van der Waals surface area contributed by atoms with Crippen molar-refractivity contribution in [3.63, 3.8) is 0 Å². The van der Waals surface area contributed by atoms with Crippen molar-refractivity contribution in [2.75, 3.05) is 0 Å². The van der Waals surface area contributed by atoms with Crippen LogP contribution >= 0.6 is 0 Å². The molecule has 13 heavy (non-hydrogen) atoms. The Bertz CT molecular complexity index is 197. The lowest BCUT2D eigenvalue weighted by Crippen LogP contribution is -1.92. The van der Waals surface area contributed by atoms with Crippen LogP contribution in [0, 0.1) is 0 Å². The van der Waals surface area contributed by atoms with Gasteiger partial charge in [0, 0.05) is 0 Å². The standard InChI is InChI=1S/C12H22O/c1-7-9(3)11(5)13-12(6)10(4)8-2/h7-8H2,1-6H3/b11-9-,12-10+. The van der Waals surface area contributed by atoms with Gasteiger partial charge in [0.1, 0.15) is 0 Å². The van der Waals surface area contributed by atoms with Gasteiger partial charge in [0.2, 0.25) is 0 Å².